The van der Waals surface area contributed by atoms with Crippen molar-refractivity contribution in [2.45, 2.75) is 26.4 Å². The molecule has 0 atom stereocenters. The number of carboxylic acid groups (broad SMARTS) is 1. The van der Waals surface area contributed by atoms with E-state index in [2.05, 4.69) is 10.3 Å². The van der Waals surface area contributed by atoms with Crippen LogP contribution in [0.5, 0.6) is 0 Å². The largest absolute Gasteiger partial charge is 0.496 e. The summed E-state index contributed by atoms with van der Waals surface area (Å²) in [4.78, 5) is 14.7. The minimum absolute atomic E-state index is 0.293. The van der Waals surface area contributed by atoms with Crippen LogP contribution in [-0.4, -0.2) is 35.5 Å². The van der Waals surface area contributed by atoms with Gasteiger partial charge in [-0.05, 0) is 26.8 Å². The fourth-order valence-electron chi connectivity index (χ4n) is 1.79. The van der Waals surface area contributed by atoms with Crippen LogP contribution in [0.2, 0.25) is 0 Å². The number of rotatable bonds is 2. The Hall–Kier alpha value is -1.60. The summed E-state index contributed by atoms with van der Waals surface area (Å²) in [7, 11) is -0.439. The van der Waals surface area contributed by atoms with Crippen LogP contribution < -0.4 is 10.8 Å². The second-order valence-electron chi connectivity index (χ2n) is 4.82. The molecule has 1 amide bonds. The minimum atomic E-state index is -1.14. The standard InChI is InChI=1S/C11H15BN2O4/c1-7-8(12-17-6-11(2,3)18-12)4-5-9(13-7)14-10(15)16/h4-5H,6H2,1-3H3,(H,13,14)(H,15,16). The molecule has 1 fully saturated rings. The molecule has 2 heterocycles. The third kappa shape index (κ3) is 2.80. The Morgan fingerprint density at radius 2 is 2.28 bits per heavy atom. The number of aromatic nitrogens is 1. The van der Waals surface area contributed by atoms with Crippen molar-refractivity contribution in [2.75, 3.05) is 11.9 Å². The van der Waals surface area contributed by atoms with E-state index in [0.717, 1.165) is 5.46 Å². The van der Waals surface area contributed by atoms with Gasteiger partial charge in [-0.3, -0.25) is 5.32 Å². The topological polar surface area (TPSA) is 80.7 Å². The summed E-state index contributed by atoms with van der Waals surface area (Å²) < 4.78 is 11.3. The fourth-order valence-corrected chi connectivity index (χ4v) is 1.79. The van der Waals surface area contributed by atoms with E-state index < -0.39 is 13.2 Å². The molecule has 18 heavy (non-hydrogen) atoms. The molecule has 1 aliphatic heterocycles. The minimum Gasteiger partial charge on any atom is -0.465 e. The SMILES string of the molecule is Cc1nc(NC(=O)O)ccc1B1OCC(C)(C)O1. The number of nitrogens with one attached hydrogen (secondary N) is 1. The highest BCUT2D eigenvalue weighted by atomic mass is 16.7. The quantitative estimate of drug-likeness (QED) is 0.765. The van der Waals surface area contributed by atoms with E-state index in [1.165, 1.54) is 0 Å². The summed E-state index contributed by atoms with van der Waals surface area (Å²) in [5.74, 6) is 0.293. The van der Waals surface area contributed by atoms with Crippen LogP contribution in [0.15, 0.2) is 12.1 Å². The lowest BCUT2D eigenvalue weighted by Crippen LogP contribution is -2.36. The van der Waals surface area contributed by atoms with E-state index in [4.69, 9.17) is 14.4 Å². The number of hydrogen-bond donors (Lipinski definition) is 2. The molecule has 0 aliphatic carbocycles. The number of nitrogens with zero attached hydrogens (tertiary/aromatic N) is 1. The van der Waals surface area contributed by atoms with E-state index in [1.54, 1.807) is 19.1 Å². The van der Waals surface area contributed by atoms with Gasteiger partial charge in [0.25, 0.3) is 0 Å². The molecule has 1 aliphatic rings. The molecule has 2 rings (SSSR count). The van der Waals surface area contributed by atoms with Gasteiger partial charge >= 0.3 is 13.2 Å². The maximum atomic E-state index is 10.5. The Labute approximate surface area is 105 Å². The third-order valence-corrected chi connectivity index (χ3v) is 2.62. The molecule has 6 nitrogen and oxygen atoms in total. The van der Waals surface area contributed by atoms with Gasteiger partial charge in [0, 0.05) is 11.2 Å². The van der Waals surface area contributed by atoms with Crippen molar-refractivity contribution in [2.24, 2.45) is 0 Å². The molecule has 0 unspecified atom stereocenters. The summed E-state index contributed by atoms with van der Waals surface area (Å²) in [6.07, 6.45) is -1.14. The first-order chi connectivity index (χ1) is 8.37. The molecule has 0 spiro atoms. The normalized spacial score (nSPS) is 17.8. The van der Waals surface area contributed by atoms with Gasteiger partial charge in [0.2, 0.25) is 0 Å². The van der Waals surface area contributed by atoms with Crippen LogP contribution in [0.25, 0.3) is 0 Å². The summed E-state index contributed by atoms with van der Waals surface area (Å²) in [6.45, 7) is 6.22. The van der Waals surface area contributed by atoms with Crippen LogP contribution in [0.4, 0.5) is 10.6 Å². The zero-order chi connectivity index (χ0) is 13.3. The van der Waals surface area contributed by atoms with Crippen molar-refractivity contribution in [3.63, 3.8) is 0 Å². The van der Waals surface area contributed by atoms with Gasteiger partial charge in [0.1, 0.15) is 5.82 Å². The van der Waals surface area contributed by atoms with Crippen LogP contribution in [0, 0.1) is 6.92 Å². The van der Waals surface area contributed by atoms with Crippen molar-refractivity contribution >= 4 is 24.5 Å². The molecule has 0 radical (unpaired) electrons. The monoisotopic (exact) mass is 250 g/mol. The maximum absolute atomic E-state index is 10.5. The molecule has 0 bridgehead atoms. The number of pyridine rings is 1. The summed E-state index contributed by atoms with van der Waals surface area (Å²) in [6, 6.07) is 3.36. The highest BCUT2D eigenvalue weighted by Crippen LogP contribution is 2.20. The van der Waals surface area contributed by atoms with Gasteiger partial charge in [0.05, 0.1) is 12.2 Å². The summed E-state index contributed by atoms with van der Waals surface area (Å²) in [5.41, 5.74) is 1.19. The number of hydrogen-bond acceptors (Lipinski definition) is 4. The number of anilines is 1. The lowest BCUT2D eigenvalue weighted by Gasteiger charge is -2.16. The molecule has 1 aromatic rings. The van der Waals surface area contributed by atoms with E-state index in [-0.39, 0.29) is 5.60 Å². The molecule has 1 saturated heterocycles. The molecule has 1 aromatic heterocycles. The average Bonchev–Trinajstić information content (AvgIpc) is 2.58. The zero-order valence-electron chi connectivity index (χ0n) is 10.6. The first kappa shape index (κ1) is 12.9. The van der Waals surface area contributed by atoms with Crippen molar-refractivity contribution in [1.82, 2.24) is 4.98 Å². The van der Waals surface area contributed by atoms with Gasteiger partial charge in [-0.15, -0.1) is 0 Å². The second kappa shape index (κ2) is 4.58. The second-order valence-corrected chi connectivity index (χ2v) is 4.82. The third-order valence-electron chi connectivity index (χ3n) is 2.62. The predicted molar refractivity (Wildman–Crippen MR) is 67.1 cm³/mol. The number of aryl methyl sites for hydroxylation is 1. The molecule has 7 heteroatoms. The lowest BCUT2D eigenvalue weighted by atomic mass is 9.78. The number of carbonyl (C=O) groups is 1. The lowest BCUT2D eigenvalue weighted by molar-refractivity contribution is 0.137. The average molecular weight is 250 g/mol. The number of amides is 1. The van der Waals surface area contributed by atoms with Crippen LogP contribution in [-0.2, 0) is 9.31 Å². The Bertz CT molecular complexity index is 478. The summed E-state index contributed by atoms with van der Waals surface area (Å²) >= 11 is 0. The summed E-state index contributed by atoms with van der Waals surface area (Å²) in [5, 5.41) is 10.8. The van der Waals surface area contributed by atoms with E-state index in [1.807, 2.05) is 13.8 Å². The van der Waals surface area contributed by atoms with E-state index >= 15 is 0 Å². The van der Waals surface area contributed by atoms with Gasteiger partial charge < -0.3 is 14.4 Å². The van der Waals surface area contributed by atoms with Crippen LogP contribution >= 0.6 is 0 Å². The Morgan fingerprint density at radius 1 is 1.56 bits per heavy atom. The zero-order valence-corrected chi connectivity index (χ0v) is 10.6. The molecular formula is C11H15BN2O4. The predicted octanol–water partition coefficient (Wildman–Crippen LogP) is 1.00. The van der Waals surface area contributed by atoms with Crippen molar-refractivity contribution < 1.29 is 19.2 Å². The highest BCUT2D eigenvalue weighted by molar-refractivity contribution is 6.62. The van der Waals surface area contributed by atoms with Gasteiger partial charge in [0.15, 0.2) is 0 Å². The van der Waals surface area contributed by atoms with Gasteiger partial charge in [-0.25, -0.2) is 9.78 Å². The molecule has 2 N–H and O–H groups in total. The van der Waals surface area contributed by atoms with Gasteiger partial charge in [-0.2, -0.15) is 0 Å². The first-order valence-electron chi connectivity index (χ1n) is 5.64. The Kier molecular flexibility index (Phi) is 3.27. The first-order valence-corrected chi connectivity index (χ1v) is 5.64. The Balaban J connectivity index is 2.18. The van der Waals surface area contributed by atoms with E-state index in [9.17, 15) is 4.79 Å². The van der Waals surface area contributed by atoms with Crippen LogP contribution in [0.1, 0.15) is 19.5 Å². The molecule has 0 aromatic carbocycles. The smallest absolute Gasteiger partial charge is 0.465 e. The Morgan fingerprint density at radius 3 is 2.78 bits per heavy atom. The molecule has 0 saturated carbocycles. The van der Waals surface area contributed by atoms with Crippen molar-refractivity contribution in [3.8, 4) is 0 Å². The molecular weight excluding hydrogens is 235 g/mol. The van der Waals surface area contributed by atoms with Crippen LogP contribution in [0.3, 0.4) is 0 Å². The maximum Gasteiger partial charge on any atom is 0.496 e. The fraction of sp³-hybridized carbons (Fsp3) is 0.455. The highest BCUT2D eigenvalue weighted by Gasteiger charge is 2.39. The van der Waals surface area contributed by atoms with E-state index in [0.29, 0.717) is 18.1 Å². The molecule has 96 valence electrons. The van der Waals surface area contributed by atoms with Gasteiger partial charge in [-0.1, -0.05) is 6.07 Å². The van der Waals surface area contributed by atoms with Crippen molar-refractivity contribution in [1.29, 1.82) is 0 Å². The van der Waals surface area contributed by atoms with Crippen molar-refractivity contribution in [3.05, 3.63) is 17.8 Å².